The lowest BCUT2D eigenvalue weighted by atomic mass is 10.2. The number of allylic oxidation sites excluding steroid dienone is 5. The largest absolute Gasteiger partial charge is 0.486 e. The van der Waals surface area contributed by atoms with Crippen LogP contribution in [-0.4, -0.2) is 18.5 Å². The van der Waals surface area contributed by atoms with Gasteiger partial charge in [-0.05, 0) is 19.1 Å². The summed E-state index contributed by atoms with van der Waals surface area (Å²) >= 11 is 4.18. The standard InChI is InChI=1S/C12H16O2S/c1-3-5-7-11-12(6-4-2)14-10(9-15)8-13-11/h3-7,10,15H,2,8-9H2,1H3/b5-3-,11-7+,12-6+. The van der Waals surface area contributed by atoms with Crippen LogP contribution in [0.25, 0.3) is 0 Å². The molecule has 82 valence electrons. The first-order valence-corrected chi connectivity index (χ1v) is 5.51. The Kier molecular flexibility index (Phi) is 5.12. The van der Waals surface area contributed by atoms with E-state index in [4.69, 9.17) is 9.47 Å². The molecule has 0 N–H and O–H groups in total. The summed E-state index contributed by atoms with van der Waals surface area (Å²) in [6.07, 6.45) is 9.23. The molecule has 1 heterocycles. The van der Waals surface area contributed by atoms with Crippen LogP contribution < -0.4 is 0 Å². The van der Waals surface area contributed by atoms with Crippen LogP contribution in [0.15, 0.2) is 48.5 Å². The maximum Gasteiger partial charge on any atom is 0.161 e. The van der Waals surface area contributed by atoms with E-state index in [1.54, 1.807) is 12.2 Å². The van der Waals surface area contributed by atoms with Crippen molar-refractivity contribution in [3.8, 4) is 0 Å². The van der Waals surface area contributed by atoms with Crippen molar-refractivity contribution in [3.05, 3.63) is 48.5 Å². The summed E-state index contributed by atoms with van der Waals surface area (Å²) in [6, 6.07) is 0. The third-order valence-electron chi connectivity index (χ3n) is 1.87. The van der Waals surface area contributed by atoms with Crippen molar-refractivity contribution in [2.75, 3.05) is 12.4 Å². The fraction of sp³-hybridized carbons (Fsp3) is 0.333. The minimum atomic E-state index is 0.0160. The van der Waals surface area contributed by atoms with Gasteiger partial charge in [0.15, 0.2) is 11.5 Å². The highest BCUT2D eigenvalue weighted by atomic mass is 32.1. The quantitative estimate of drug-likeness (QED) is 0.743. The molecule has 0 aromatic carbocycles. The Morgan fingerprint density at radius 1 is 1.47 bits per heavy atom. The van der Waals surface area contributed by atoms with E-state index in [0.717, 1.165) is 5.76 Å². The van der Waals surface area contributed by atoms with Crippen molar-refractivity contribution in [2.24, 2.45) is 0 Å². The second-order valence-corrected chi connectivity index (χ2v) is 3.42. The minimum absolute atomic E-state index is 0.0160. The molecule has 0 spiro atoms. The highest BCUT2D eigenvalue weighted by Crippen LogP contribution is 2.22. The molecular formula is C12H16O2S. The normalized spacial score (nSPS) is 26.7. The summed E-state index contributed by atoms with van der Waals surface area (Å²) in [5.41, 5.74) is 0. The summed E-state index contributed by atoms with van der Waals surface area (Å²) in [4.78, 5) is 0. The molecule has 0 aromatic heterocycles. The molecule has 0 radical (unpaired) electrons. The molecule has 0 amide bonds. The Morgan fingerprint density at radius 3 is 2.87 bits per heavy atom. The SMILES string of the molecule is C=C/C=C1/OC(CS)CO/C1=C/C=C\C. The first-order chi connectivity index (χ1) is 7.31. The number of thiol groups is 1. The molecule has 0 aromatic rings. The molecule has 1 aliphatic heterocycles. The molecule has 1 fully saturated rings. The van der Waals surface area contributed by atoms with Gasteiger partial charge in [-0.25, -0.2) is 0 Å². The lowest BCUT2D eigenvalue weighted by molar-refractivity contribution is 0.00628. The van der Waals surface area contributed by atoms with Gasteiger partial charge in [0, 0.05) is 5.75 Å². The lowest BCUT2D eigenvalue weighted by Crippen LogP contribution is -2.27. The van der Waals surface area contributed by atoms with Gasteiger partial charge in [-0.15, -0.1) is 0 Å². The Balaban J connectivity index is 2.80. The van der Waals surface area contributed by atoms with Crippen LogP contribution in [0.4, 0.5) is 0 Å². The van der Waals surface area contributed by atoms with Crippen molar-refractivity contribution in [3.63, 3.8) is 0 Å². The Bertz CT molecular complexity index is 303. The van der Waals surface area contributed by atoms with Crippen molar-refractivity contribution in [1.82, 2.24) is 0 Å². The summed E-state index contributed by atoms with van der Waals surface area (Å²) in [6.45, 7) is 6.14. The molecule has 1 saturated heterocycles. The third kappa shape index (κ3) is 3.51. The number of ether oxygens (including phenoxy) is 2. The van der Waals surface area contributed by atoms with Gasteiger partial charge in [-0.2, -0.15) is 12.6 Å². The van der Waals surface area contributed by atoms with Gasteiger partial charge in [0.1, 0.15) is 12.7 Å². The van der Waals surface area contributed by atoms with Gasteiger partial charge in [0.05, 0.1) is 0 Å². The summed E-state index contributed by atoms with van der Waals surface area (Å²) in [7, 11) is 0. The molecule has 0 bridgehead atoms. The Hall–Kier alpha value is -1.09. The summed E-state index contributed by atoms with van der Waals surface area (Å²) in [5, 5.41) is 0. The van der Waals surface area contributed by atoms with Crippen LogP contribution in [0.5, 0.6) is 0 Å². The fourth-order valence-corrected chi connectivity index (χ4v) is 1.34. The number of hydrogen-bond donors (Lipinski definition) is 1. The average Bonchev–Trinajstić information content (AvgIpc) is 2.27. The average molecular weight is 224 g/mol. The Labute approximate surface area is 96.4 Å². The first kappa shape index (κ1) is 12.0. The van der Waals surface area contributed by atoms with E-state index in [-0.39, 0.29) is 6.10 Å². The molecule has 0 saturated carbocycles. The molecule has 2 nitrogen and oxygen atoms in total. The maximum atomic E-state index is 5.67. The molecule has 0 aliphatic carbocycles. The molecule has 1 aliphatic rings. The Morgan fingerprint density at radius 2 is 2.27 bits per heavy atom. The van der Waals surface area contributed by atoms with E-state index in [1.807, 2.05) is 25.2 Å². The van der Waals surface area contributed by atoms with E-state index in [0.29, 0.717) is 18.1 Å². The van der Waals surface area contributed by atoms with Crippen LogP contribution >= 0.6 is 12.6 Å². The van der Waals surface area contributed by atoms with Gasteiger partial charge < -0.3 is 9.47 Å². The molecule has 1 unspecified atom stereocenters. The van der Waals surface area contributed by atoms with E-state index in [9.17, 15) is 0 Å². The van der Waals surface area contributed by atoms with E-state index in [2.05, 4.69) is 19.2 Å². The van der Waals surface area contributed by atoms with E-state index < -0.39 is 0 Å². The summed E-state index contributed by atoms with van der Waals surface area (Å²) < 4.78 is 11.2. The highest BCUT2D eigenvalue weighted by Gasteiger charge is 2.21. The molecule has 3 heteroatoms. The fourth-order valence-electron chi connectivity index (χ4n) is 1.16. The van der Waals surface area contributed by atoms with Crippen molar-refractivity contribution < 1.29 is 9.47 Å². The minimum Gasteiger partial charge on any atom is -0.486 e. The summed E-state index contributed by atoms with van der Waals surface area (Å²) in [5.74, 6) is 2.10. The zero-order valence-corrected chi connectivity index (χ0v) is 9.74. The van der Waals surface area contributed by atoms with E-state index in [1.165, 1.54) is 0 Å². The van der Waals surface area contributed by atoms with Gasteiger partial charge in [-0.3, -0.25) is 0 Å². The number of hydrogen-bond acceptors (Lipinski definition) is 3. The molecule has 1 atom stereocenters. The van der Waals surface area contributed by atoms with Crippen molar-refractivity contribution >= 4 is 12.6 Å². The topological polar surface area (TPSA) is 18.5 Å². The zero-order chi connectivity index (χ0) is 11.1. The van der Waals surface area contributed by atoms with Gasteiger partial charge in [0.2, 0.25) is 0 Å². The van der Waals surface area contributed by atoms with Gasteiger partial charge in [-0.1, -0.05) is 24.8 Å². The highest BCUT2D eigenvalue weighted by molar-refractivity contribution is 7.80. The predicted molar refractivity (Wildman–Crippen MR) is 65.9 cm³/mol. The van der Waals surface area contributed by atoms with Crippen LogP contribution in [0.2, 0.25) is 0 Å². The van der Waals surface area contributed by atoms with Crippen molar-refractivity contribution in [1.29, 1.82) is 0 Å². The zero-order valence-electron chi connectivity index (χ0n) is 8.85. The first-order valence-electron chi connectivity index (χ1n) is 4.88. The molecule has 15 heavy (non-hydrogen) atoms. The van der Waals surface area contributed by atoms with Gasteiger partial charge in [0.25, 0.3) is 0 Å². The predicted octanol–water partition coefficient (Wildman–Crippen LogP) is 2.86. The monoisotopic (exact) mass is 224 g/mol. The third-order valence-corrected chi connectivity index (χ3v) is 2.28. The van der Waals surface area contributed by atoms with Gasteiger partial charge >= 0.3 is 0 Å². The second kappa shape index (κ2) is 6.40. The van der Waals surface area contributed by atoms with Crippen LogP contribution in [0.1, 0.15) is 6.92 Å². The van der Waals surface area contributed by atoms with Crippen molar-refractivity contribution in [2.45, 2.75) is 13.0 Å². The molecular weight excluding hydrogens is 208 g/mol. The molecule has 1 rings (SSSR count). The van der Waals surface area contributed by atoms with Crippen LogP contribution in [-0.2, 0) is 9.47 Å². The second-order valence-electron chi connectivity index (χ2n) is 3.06. The van der Waals surface area contributed by atoms with Crippen LogP contribution in [0.3, 0.4) is 0 Å². The maximum absolute atomic E-state index is 5.67. The lowest BCUT2D eigenvalue weighted by Gasteiger charge is -2.27. The van der Waals surface area contributed by atoms with E-state index >= 15 is 0 Å². The number of rotatable bonds is 3. The van der Waals surface area contributed by atoms with Crippen LogP contribution in [0, 0.1) is 0 Å². The smallest absolute Gasteiger partial charge is 0.161 e.